The van der Waals surface area contributed by atoms with Gasteiger partial charge in [0.1, 0.15) is 5.69 Å². The van der Waals surface area contributed by atoms with Crippen molar-refractivity contribution < 1.29 is 9.66 Å². The minimum Gasteiger partial charge on any atom is -0.481 e. The van der Waals surface area contributed by atoms with Crippen LogP contribution >= 0.6 is 15.9 Å². The van der Waals surface area contributed by atoms with Crippen LogP contribution in [0.2, 0.25) is 0 Å². The van der Waals surface area contributed by atoms with Crippen molar-refractivity contribution in [1.29, 1.82) is 0 Å². The Morgan fingerprint density at radius 3 is 2.74 bits per heavy atom. The number of nitro groups is 1. The summed E-state index contributed by atoms with van der Waals surface area (Å²) in [7, 11) is 1.52. The first-order chi connectivity index (χ1) is 9.10. The number of benzene rings is 1. The molecule has 0 atom stereocenters. The largest absolute Gasteiger partial charge is 0.481 e. The number of methoxy groups -OCH3 is 1. The van der Waals surface area contributed by atoms with Crippen molar-refractivity contribution in [2.24, 2.45) is 0 Å². The van der Waals surface area contributed by atoms with Crippen molar-refractivity contribution in [1.82, 2.24) is 4.98 Å². The molecule has 7 heteroatoms. The van der Waals surface area contributed by atoms with Crippen LogP contribution in [0.5, 0.6) is 5.88 Å². The molecule has 0 saturated carbocycles. The fraction of sp³-hybridized carbons (Fsp3) is 0.0833. The number of nitrogens with one attached hydrogen (secondary N) is 1. The second-order valence-corrected chi connectivity index (χ2v) is 4.55. The van der Waals surface area contributed by atoms with E-state index in [1.165, 1.54) is 13.2 Å². The van der Waals surface area contributed by atoms with E-state index in [1.807, 2.05) is 0 Å². The molecular formula is C12H10BrN3O3. The van der Waals surface area contributed by atoms with E-state index in [9.17, 15) is 10.1 Å². The standard InChI is InChI=1S/C12H10BrN3O3/c1-19-12-5-3-9(7-14-12)15-10-4-2-8(13)6-11(10)16(17)18/h2-7,15H,1H3. The summed E-state index contributed by atoms with van der Waals surface area (Å²) in [4.78, 5) is 14.6. The molecule has 0 aliphatic heterocycles. The minimum atomic E-state index is -0.440. The Kier molecular flexibility index (Phi) is 3.96. The number of hydrogen-bond acceptors (Lipinski definition) is 5. The molecule has 0 bridgehead atoms. The molecule has 0 amide bonds. The molecule has 1 aromatic heterocycles. The van der Waals surface area contributed by atoms with Crippen LogP contribution in [0.3, 0.4) is 0 Å². The van der Waals surface area contributed by atoms with E-state index in [0.717, 1.165) is 0 Å². The Morgan fingerprint density at radius 2 is 2.16 bits per heavy atom. The van der Waals surface area contributed by atoms with Gasteiger partial charge in [-0.2, -0.15) is 0 Å². The molecule has 1 N–H and O–H groups in total. The number of hydrogen-bond donors (Lipinski definition) is 1. The molecule has 1 heterocycles. The third kappa shape index (κ3) is 3.19. The van der Waals surface area contributed by atoms with E-state index in [2.05, 4.69) is 26.2 Å². The van der Waals surface area contributed by atoms with E-state index in [0.29, 0.717) is 21.7 Å². The van der Waals surface area contributed by atoms with Gasteiger partial charge in [0.25, 0.3) is 5.69 Å². The van der Waals surface area contributed by atoms with Crippen LogP contribution in [0.1, 0.15) is 0 Å². The molecule has 1 aromatic carbocycles. The fourth-order valence-electron chi connectivity index (χ4n) is 1.49. The third-order valence-corrected chi connectivity index (χ3v) is 2.87. The lowest BCUT2D eigenvalue weighted by Gasteiger charge is -2.07. The molecule has 0 fully saturated rings. The van der Waals surface area contributed by atoms with Crippen molar-refractivity contribution in [3.8, 4) is 5.88 Å². The van der Waals surface area contributed by atoms with E-state index in [4.69, 9.17) is 4.74 Å². The summed E-state index contributed by atoms with van der Waals surface area (Å²) in [6, 6.07) is 8.21. The summed E-state index contributed by atoms with van der Waals surface area (Å²) in [5.74, 6) is 0.482. The van der Waals surface area contributed by atoms with Crippen LogP contribution in [-0.2, 0) is 0 Å². The molecule has 0 aliphatic rings. The number of anilines is 2. The second kappa shape index (κ2) is 5.66. The van der Waals surface area contributed by atoms with Gasteiger partial charge < -0.3 is 10.1 Å². The number of ether oxygens (including phenoxy) is 1. The zero-order chi connectivity index (χ0) is 13.8. The van der Waals surface area contributed by atoms with Crippen molar-refractivity contribution in [3.63, 3.8) is 0 Å². The molecule has 19 heavy (non-hydrogen) atoms. The lowest BCUT2D eigenvalue weighted by Crippen LogP contribution is -1.97. The molecule has 98 valence electrons. The van der Waals surface area contributed by atoms with Gasteiger partial charge in [0.2, 0.25) is 5.88 Å². The Bertz CT molecular complexity index is 602. The van der Waals surface area contributed by atoms with Gasteiger partial charge in [0.05, 0.1) is 23.9 Å². The molecule has 2 aromatic rings. The first-order valence-corrected chi connectivity index (χ1v) is 6.10. The molecule has 0 saturated heterocycles. The van der Waals surface area contributed by atoms with Crippen molar-refractivity contribution in [2.75, 3.05) is 12.4 Å². The Labute approximate surface area is 117 Å². The van der Waals surface area contributed by atoms with Gasteiger partial charge in [0, 0.05) is 16.6 Å². The molecule has 0 aliphatic carbocycles. The zero-order valence-corrected chi connectivity index (χ0v) is 11.5. The summed E-state index contributed by atoms with van der Waals surface area (Å²) in [5, 5.41) is 13.9. The summed E-state index contributed by atoms with van der Waals surface area (Å²) in [5.41, 5.74) is 1.04. The summed E-state index contributed by atoms with van der Waals surface area (Å²) in [6.07, 6.45) is 1.55. The van der Waals surface area contributed by atoms with Gasteiger partial charge >= 0.3 is 0 Å². The van der Waals surface area contributed by atoms with Crippen molar-refractivity contribution >= 4 is 33.0 Å². The predicted octanol–water partition coefficient (Wildman–Crippen LogP) is 3.50. The Morgan fingerprint density at radius 1 is 1.37 bits per heavy atom. The van der Waals surface area contributed by atoms with Gasteiger partial charge in [-0.25, -0.2) is 4.98 Å². The van der Waals surface area contributed by atoms with Crippen LogP contribution in [0.15, 0.2) is 41.0 Å². The lowest BCUT2D eigenvalue weighted by molar-refractivity contribution is -0.384. The maximum absolute atomic E-state index is 11.0. The normalized spacial score (nSPS) is 10.0. The summed E-state index contributed by atoms with van der Waals surface area (Å²) >= 11 is 3.21. The van der Waals surface area contributed by atoms with Crippen LogP contribution < -0.4 is 10.1 Å². The lowest BCUT2D eigenvalue weighted by atomic mass is 10.2. The maximum atomic E-state index is 11.0. The van der Waals surface area contributed by atoms with Crippen molar-refractivity contribution in [3.05, 3.63) is 51.1 Å². The monoisotopic (exact) mass is 323 g/mol. The predicted molar refractivity (Wildman–Crippen MR) is 74.9 cm³/mol. The van der Waals surface area contributed by atoms with Crippen molar-refractivity contribution in [2.45, 2.75) is 0 Å². The molecule has 0 radical (unpaired) electrons. The van der Waals surface area contributed by atoms with Gasteiger partial charge in [-0.05, 0) is 18.2 Å². The van der Waals surface area contributed by atoms with Gasteiger partial charge in [0.15, 0.2) is 0 Å². The van der Waals surface area contributed by atoms with Crippen LogP contribution in [0.4, 0.5) is 17.1 Å². The highest BCUT2D eigenvalue weighted by atomic mass is 79.9. The van der Waals surface area contributed by atoms with E-state index in [1.54, 1.807) is 30.5 Å². The summed E-state index contributed by atoms with van der Waals surface area (Å²) < 4.78 is 5.59. The molecule has 2 rings (SSSR count). The highest BCUT2D eigenvalue weighted by molar-refractivity contribution is 9.10. The molecule has 0 unspecified atom stereocenters. The average Bonchev–Trinajstić information content (AvgIpc) is 2.41. The Hall–Kier alpha value is -2.15. The van der Waals surface area contributed by atoms with E-state index >= 15 is 0 Å². The fourth-order valence-corrected chi connectivity index (χ4v) is 1.84. The highest BCUT2D eigenvalue weighted by Gasteiger charge is 2.14. The van der Waals surface area contributed by atoms with Gasteiger partial charge in [-0.15, -0.1) is 0 Å². The molecule has 6 nitrogen and oxygen atoms in total. The second-order valence-electron chi connectivity index (χ2n) is 3.63. The SMILES string of the molecule is COc1ccc(Nc2ccc(Br)cc2[N+](=O)[O-])cn1. The first kappa shape index (κ1) is 13.3. The number of pyridine rings is 1. The van der Waals surface area contributed by atoms with Crippen LogP contribution in [0.25, 0.3) is 0 Å². The average molecular weight is 324 g/mol. The zero-order valence-electron chi connectivity index (χ0n) is 9.96. The Balaban J connectivity index is 2.29. The number of aromatic nitrogens is 1. The topological polar surface area (TPSA) is 77.3 Å². The maximum Gasteiger partial charge on any atom is 0.293 e. The highest BCUT2D eigenvalue weighted by Crippen LogP contribution is 2.30. The third-order valence-electron chi connectivity index (χ3n) is 2.38. The van der Waals surface area contributed by atoms with E-state index in [-0.39, 0.29) is 5.69 Å². The molecule has 0 spiro atoms. The number of nitro benzene ring substituents is 1. The first-order valence-electron chi connectivity index (χ1n) is 5.31. The minimum absolute atomic E-state index is 0.00908. The van der Waals surface area contributed by atoms with Gasteiger partial charge in [-0.1, -0.05) is 15.9 Å². The molecular weight excluding hydrogens is 314 g/mol. The van der Waals surface area contributed by atoms with Crippen LogP contribution in [-0.4, -0.2) is 17.0 Å². The van der Waals surface area contributed by atoms with Crippen LogP contribution in [0, 0.1) is 10.1 Å². The van der Waals surface area contributed by atoms with E-state index < -0.39 is 4.92 Å². The number of halogens is 1. The summed E-state index contributed by atoms with van der Waals surface area (Å²) in [6.45, 7) is 0. The number of nitrogens with zero attached hydrogens (tertiary/aromatic N) is 2. The quantitative estimate of drug-likeness (QED) is 0.688. The number of rotatable bonds is 4. The van der Waals surface area contributed by atoms with Gasteiger partial charge in [-0.3, -0.25) is 10.1 Å². The smallest absolute Gasteiger partial charge is 0.293 e.